The zero-order valence-corrected chi connectivity index (χ0v) is 18.0. The van der Waals surface area contributed by atoms with Gasteiger partial charge in [-0.05, 0) is 68.5 Å². The minimum absolute atomic E-state index is 0.163. The molecule has 1 aliphatic heterocycles. The SMILES string of the molecule is CCOc1cc(C2=NN(c3ccc(C#N)c(C)c3)[C@@H](C3CCCC3)C2)ccc1C(=O)O. The van der Waals surface area contributed by atoms with E-state index in [1.807, 2.05) is 38.1 Å². The molecule has 1 fully saturated rings. The lowest BCUT2D eigenvalue weighted by Crippen LogP contribution is -2.32. The van der Waals surface area contributed by atoms with Crippen LogP contribution in [0, 0.1) is 24.2 Å². The van der Waals surface area contributed by atoms with Gasteiger partial charge in [-0.1, -0.05) is 18.9 Å². The van der Waals surface area contributed by atoms with Crippen LogP contribution in [-0.4, -0.2) is 29.4 Å². The summed E-state index contributed by atoms with van der Waals surface area (Å²) in [6.07, 6.45) is 5.70. The monoisotopic (exact) mass is 417 g/mol. The Morgan fingerprint density at radius 1 is 1.26 bits per heavy atom. The van der Waals surface area contributed by atoms with Crippen molar-refractivity contribution in [2.24, 2.45) is 11.0 Å². The summed E-state index contributed by atoms with van der Waals surface area (Å²) in [5.41, 5.74) is 4.61. The van der Waals surface area contributed by atoms with Gasteiger partial charge in [0.2, 0.25) is 0 Å². The number of nitriles is 1. The van der Waals surface area contributed by atoms with Crippen LogP contribution in [0.2, 0.25) is 0 Å². The third-order valence-corrected chi connectivity index (χ3v) is 6.33. The van der Waals surface area contributed by atoms with E-state index in [2.05, 4.69) is 11.1 Å². The third kappa shape index (κ3) is 4.13. The molecule has 0 saturated heterocycles. The summed E-state index contributed by atoms with van der Waals surface area (Å²) in [4.78, 5) is 11.5. The highest BCUT2D eigenvalue weighted by Crippen LogP contribution is 2.39. The Morgan fingerprint density at radius 2 is 2.03 bits per heavy atom. The molecule has 160 valence electrons. The van der Waals surface area contributed by atoms with E-state index in [4.69, 9.17) is 9.84 Å². The van der Waals surface area contributed by atoms with E-state index in [1.54, 1.807) is 12.1 Å². The first kappa shape index (κ1) is 20.9. The van der Waals surface area contributed by atoms with Gasteiger partial charge in [0.1, 0.15) is 11.3 Å². The highest BCUT2D eigenvalue weighted by Gasteiger charge is 2.36. The molecule has 1 saturated carbocycles. The highest BCUT2D eigenvalue weighted by molar-refractivity contribution is 6.04. The second-order valence-corrected chi connectivity index (χ2v) is 8.27. The molecule has 0 bridgehead atoms. The summed E-state index contributed by atoms with van der Waals surface area (Å²) < 4.78 is 5.60. The summed E-state index contributed by atoms with van der Waals surface area (Å²) in [6.45, 7) is 4.19. The van der Waals surface area contributed by atoms with Gasteiger partial charge in [0.15, 0.2) is 0 Å². The van der Waals surface area contributed by atoms with Crippen molar-refractivity contribution in [3.63, 3.8) is 0 Å². The van der Waals surface area contributed by atoms with Gasteiger partial charge >= 0.3 is 5.97 Å². The van der Waals surface area contributed by atoms with Crippen molar-refractivity contribution in [3.8, 4) is 11.8 Å². The van der Waals surface area contributed by atoms with Gasteiger partial charge in [0, 0.05) is 12.0 Å². The van der Waals surface area contributed by atoms with E-state index >= 15 is 0 Å². The fraction of sp³-hybridized carbons (Fsp3) is 0.400. The molecule has 1 atom stereocenters. The molecule has 0 aromatic heterocycles. The minimum atomic E-state index is -0.998. The van der Waals surface area contributed by atoms with E-state index in [0.717, 1.165) is 28.9 Å². The number of aromatic carboxylic acids is 1. The Morgan fingerprint density at radius 3 is 2.68 bits per heavy atom. The van der Waals surface area contributed by atoms with Crippen LogP contribution in [-0.2, 0) is 0 Å². The van der Waals surface area contributed by atoms with Gasteiger partial charge in [-0.3, -0.25) is 5.01 Å². The zero-order chi connectivity index (χ0) is 22.0. The van der Waals surface area contributed by atoms with Crippen LogP contribution in [0.3, 0.4) is 0 Å². The maximum absolute atomic E-state index is 11.5. The number of carboxylic acids is 1. The average molecular weight is 418 g/mol. The summed E-state index contributed by atoms with van der Waals surface area (Å²) in [6, 6.07) is 13.6. The Balaban J connectivity index is 1.72. The molecule has 0 radical (unpaired) electrons. The second-order valence-electron chi connectivity index (χ2n) is 8.27. The number of rotatable bonds is 6. The lowest BCUT2D eigenvalue weighted by molar-refractivity contribution is 0.0692. The number of ether oxygens (including phenoxy) is 1. The van der Waals surface area contributed by atoms with Crippen molar-refractivity contribution in [2.45, 2.75) is 52.0 Å². The minimum Gasteiger partial charge on any atom is -0.493 e. The molecule has 1 heterocycles. The fourth-order valence-corrected chi connectivity index (χ4v) is 4.73. The number of hydrazone groups is 1. The van der Waals surface area contributed by atoms with E-state index in [0.29, 0.717) is 23.8 Å². The van der Waals surface area contributed by atoms with Gasteiger partial charge in [-0.15, -0.1) is 0 Å². The molecule has 2 aromatic carbocycles. The first-order valence-electron chi connectivity index (χ1n) is 10.9. The third-order valence-electron chi connectivity index (χ3n) is 6.33. The maximum Gasteiger partial charge on any atom is 0.339 e. The lowest BCUT2D eigenvalue weighted by atomic mass is 9.91. The van der Waals surface area contributed by atoms with E-state index in [-0.39, 0.29) is 11.6 Å². The van der Waals surface area contributed by atoms with Crippen molar-refractivity contribution in [1.29, 1.82) is 5.26 Å². The van der Waals surface area contributed by atoms with Gasteiger partial charge in [0.05, 0.1) is 35.7 Å². The molecule has 6 heteroatoms. The van der Waals surface area contributed by atoms with Crippen LogP contribution in [0.25, 0.3) is 0 Å². The Hall–Kier alpha value is -3.33. The summed E-state index contributed by atoms with van der Waals surface area (Å²) >= 11 is 0. The Labute approximate surface area is 182 Å². The molecule has 2 aromatic rings. The predicted octanol–water partition coefficient (Wildman–Crippen LogP) is 5.14. The quantitative estimate of drug-likeness (QED) is 0.704. The highest BCUT2D eigenvalue weighted by atomic mass is 16.5. The number of aryl methyl sites for hydroxylation is 1. The molecule has 2 aliphatic rings. The largest absolute Gasteiger partial charge is 0.493 e. The van der Waals surface area contributed by atoms with E-state index in [1.165, 1.54) is 25.7 Å². The fourth-order valence-electron chi connectivity index (χ4n) is 4.73. The van der Waals surface area contributed by atoms with Crippen LogP contribution in [0.15, 0.2) is 41.5 Å². The first-order chi connectivity index (χ1) is 15.0. The number of hydrogen-bond donors (Lipinski definition) is 1. The molecule has 0 unspecified atom stereocenters. The number of hydrogen-bond acceptors (Lipinski definition) is 5. The zero-order valence-electron chi connectivity index (χ0n) is 18.0. The standard InChI is InChI=1S/C25H27N3O3/c1-3-31-24-13-18(9-11-21(24)25(29)30)22-14-23(17-6-4-5-7-17)28(27-22)20-10-8-19(15-26)16(2)12-20/h8-13,17,23H,3-7,14H2,1-2H3,(H,29,30)/t23-/m1/s1. The van der Waals surface area contributed by atoms with E-state index in [9.17, 15) is 15.2 Å². The molecule has 1 N–H and O–H groups in total. The average Bonchev–Trinajstić information content (AvgIpc) is 3.43. The molecule has 1 aliphatic carbocycles. The van der Waals surface area contributed by atoms with E-state index < -0.39 is 5.97 Å². The van der Waals surface area contributed by atoms with Crippen molar-refractivity contribution in [2.75, 3.05) is 11.6 Å². The van der Waals surface area contributed by atoms with Crippen molar-refractivity contribution in [3.05, 3.63) is 58.7 Å². The van der Waals surface area contributed by atoms with Crippen molar-refractivity contribution in [1.82, 2.24) is 0 Å². The van der Waals surface area contributed by atoms with Crippen LogP contribution >= 0.6 is 0 Å². The van der Waals surface area contributed by atoms with Crippen LogP contribution in [0.1, 0.15) is 66.1 Å². The number of carboxylic acid groups (broad SMARTS) is 1. The topological polar surface area (TPSA) is 85.9 Å². The first-order valence-corrected chi connectivity index (χ1v) is 10.9. The number of nitrogens with zero attached hydrogens (tertiary/aromatic N) is 3. The summed E-state index contributed by atoms with van der Waals surface area (Å²) in [7, 11) is 0. The number of anilines is 1. The van der Waals surface area contributed by atoms with Crippen LogP contribution in [0.4, 0.5) is 5.69 Å². The molecule has 4 rings (SSSR count). The molecular formula is C25H27N3O3. The molecule has 31 heavy (non-hydrogen) atoms. The molecule has 0 spiro atoms. The second kappa shape index (κ2) is 8.81. The maximum atomic E-state index is 11.5. The molecule has 0 amide bonds. The summed E-state index contributed by atoms with van der Waals surface area (Å²) in [5.74, 6) is -0.0518. The Kier molecular flexibility index (Phi) is 5.94. The van der Waals surface area contributed by atoms with Gasteiger partial charge in [-0.2, -0.15) is 10.4 Å². The smallest absolute Gasteiger partial charge is 0.339 e. The van der Waals surface area contributed by atoms with Crippen LogP contribution < -0.4 is 9.75 Å². The van der Waals surface area contributed by atoms with Gasteiger partial charge in [-0.25, -0.2) is 4.79 Å². The van der Waals surface area contributed by atoms with Crippen molar-refractivity contribution < 1.29 is 14.6 Å². The Bertz CT molecular complexity index is 1060. The summed E-state index contributed by atoms with van der Waals surface area (Å²) in [5, 5.41) is 25.8. The number of carbonyl (C=O) groups is 1. The van der Waals surface area contributed by atoms with Crippen LogP contribution in [0.5, 0.6) is 5.75 Å². The van der Waals surface area contributed by atoms with Crippen molar-refractivity contribution >= 4 is 17.4 Å². The van der Waals surface area contributed by atoms with Gasteiger partial charge < -0.3 is 9.84 Å². The molecule has 6 nitrogen and oxygen atoms in total. The molecular weight excluding hydrogens is 390 g/mol. The normalized spacial score (nSPS) is 18.7. The predicted molar refractivity (Wildman–Crippen MR) is 120 cm³/mol. The van der Waals surface area contributed by atoms with Gasteiger partial charge in [0.25, 0.3) is 0 Å². The number of benzene rings is 2. The lowest BCUT2D eigenvalue weighted by Gasteiger charge is -2.28.